The Labute approximate surface area is 336 Å². The number of ketones is 1. The molecule has 2 aliphatic rings. The second-order valence-electron chi connectivity index (χ2n) is 15.3. The number of ether oxygens (including phenoxy) is 2. The molecular formula is C42H50BrClN4O7. The highest BCUT2D eigenvalue weighted by Crippen LogP contribution is 2.48. The van der Waals surface area contributed by atoms with Gasteiger partial charge in [0.1, 0.15) is 11.5 Å². The average molecular weight is 838 g/mol. The van der Waals surface area contributed by atoms with E-state index in [0.717, 1.165) is 23.3 Å². The molecular weight excluding hydrogens is 788 g/mol. The lowest BCUT2D eigenvalue weighted by Crippen LogP contribution is -2.84. The summed E-state index contributed by atoms with van der Waals surface area (Å²) >= 11 is 9.86. The number of carbonyl (C=O) groups excluding carboxylic acids is 5. The summed E-state index contributed by atoms with van der Waals surface area (Å²) in [7, 11) is 1.48. The number of carbonyl (C=O) groups is 5. The van der Waals surface area contributed by atoms with Gasteiger partial charge in [0.05, 0.1) is 23.9 Å². The zero-order valence-electron chi connectivity index (χ0n) is 32.8. The summed E-state index contributed by atoms with van der Waals surface area (Å²) < 4.78 is 11.7. The highest BCUT2D eigenvalue weighted by atomic mass is 79.9. The van der Waals surface area contributed by atoms with Crippen LogP contribution in [0, 0.1) is 0 Å². The smallest absolute Gasteiger partial charge is 0.326 e. The van der Waals surface area contributed by atoms with E-state index in [-0.39, 0.29) is 33.5 Å². The van der Waals surface area contributed by atoms with E-state index in [4.69, 9.17) is 21.1 Å². The van der Waals surface area contributed by atoms with Crippen LogP contribution in [0.3, 0.4) is 0 Å². The maximum Gasteiger partial charge on any atom is 0.326 e. The van der Waals surface area contributed by atoms with Crippen LogP contribution in [-0.2, 0) is 25.2 Å². The molecule has 3 aromatic carbocycles. The number of nitrogens with one attached hydrogen (secondary N) is 2. The molecule has 11 nitrogen and oxygen atoms in total. The van der Waals surface area contributed by atoms with Crippen molar-refractivity contribution in [2.45, 2.75) is 115 Å². The summed E-state index contributed by atoms with van der Waals surface area (Å²) in [6.45, 7) is 16.7. The number of rotatable bonds is 15. The lowest BCUT2D eigenvalue weighted by Gasteiger charge is -2.57. The van der Waals surface area contributed by atoms with Crippen LogP contribution >= 0.6 is 27.5 Å². The molecule has 0 aromatic heterocycles. The van der Waals surface area contributed by atoms with Gasteiger partial charge in [0.15, 0.2) is 11.1 Å². The van der Waals surface area contributed by atoms with Crippen LogP contribution in [-0.4, -0.2) is 64.2 Å². The number of urea groups is 1. The highest BCUT2D eigenvalue weighted by Gasteiger charge is 2.72. The average Bonchev–Trinajstić information content (AvgIpc) is 3.43. The number of alkyl halides is 1. The fourth-order valence-corrected chi connectivity index (χ4v) is 7.74. The molecule has 2 heterocycles. The van der Waals surface area contributed by atoms with E-state index in [1.165, 1.54) is 35.8 Å². The summed E-state index contributed by atoms with van der Waals surface area (Å²) in [5, 5.41) is 5.55. The molecule has 2 saturated heterocycles. The van der Waals surface area contributed by atoms with Gasteiger partial charge in [-0.15, -0.1) is 0 Å². The fraction of sp³-hybridized carbons (Fsp3) is 0.452. The topological polar surface area (TPSA) is 134 Å². The Morgan fingerprint density at radius 1 is 0.945 bits per heavy atom. The number of Topliss-reactive ketones (excluding diaryl/α,β-unsaturated/α-hetero) is 1. The third-order valence-electron chi connectivity index (χ3n) is 11.3. The summed E-state index contributed by atoms with van der Waals surface area (Å²) in [6.07, 6.45) is 1.52. The lowest BCUT2D eigenvalue weighted by atomic mass is 9.70. The molecule has 13 heteroatoms. The minimum Gasteiger partial charge on any atom is -0.497 e. The first-order valence-corrected chi connectivity index (χ1v) is 20.0. The van der Waals surface area contributed by atoms with Crippen molar-refractivity contribution in [3.8, 4) is 11.5 Å². The van der Waals surface area contributed by atoms with E-state index in [1.54, 1.807) is 31.2 Å². The molecule has 2 aliphatic heterocycles. The molecule has 5 rings (SSSR count). The van der Waals surface area contributed by atoms with Crippen LogP contribution in [0.15, 0.2) is 60.7 Å². The Bertz CT molecular complexity index is 2000. The first kappa shape index (κ1) is 41.7. The number of halogens is 2. The van der Waals surface area contributed by atoms with Gasteiger partial charge in [-0.1, -0.05) is 95.1 Å². The van der Waals surface area contributed by atoms with Crippen molar-refractivity contribution in [3.63, 3.8) is 0 Å². The van der Waals surface area contributed by atoms with Gasteiger partial charge < -0.3 is 25.0 Å². The second-order valence-corrected chi connectivity index (χ2v) is 16.6. The van der Waals surface area contributed by atoms with Gasteiger partial charge in [0.2, 0.25) is 11.3 Å². The predicted molar refractivity (Wildman–Crippen MR) is 218 cm³/mol. The Morgan fingerprint density at radius 3 is 2.15 bits per heavy atom. The van der Waals surface area contributed by atoms with Crippen molar-refractivity contribution in [1.82, 2.24) is 10.2 Å². The minimum atomic E-state index is -2.21. The largest absolute Gasteiger partial charge is 0.497 e. The lowest BCUT2D eigenvalue weighted by molar-refractivity contribution is -0.145. The minimum absolute atomic E-state index is 0.0328. The van der Waals surface area contributed by atoms with Gasteiger partial charge in [-0.2, -0.15) is 0 Å². The molecule has 5 amide bonds. The molecule has 0 saturated carbocycles. The molecule has 0 spiro atoms. The van der Waals surface area contributed by atoms with Gasteiger partial charge >= 0.3 is 6.03 Å². The van der Waals surface area contributed by atoms with E-state index in [0.29, 0.717) is 23.6 Å². The number of β-lactam (4-membered cyclic amide) rings is 1. The van der Waals surface area contributed by atoms with E-state index in [1.807, 2.05) is 13.0 Å². The van der Waals surface area contributed by atoms with E-state index < -0.39 is 52.2 Å². The zero-order valence-corrected chi connectivity index (χ0v) is 35.2. The summed E-state index contributed by atoms with van der Waals surface area (Å²) in [5.74, 6) is -1.59. The van der Waals surface area contributed by atoms with Gasteiger partial charge in [0, 0.05) is 16.8 Å². The predicted octanol–water partition coefficient (Wildman–Crippen LogP) is 8.54. The number of hydrogen-bond acceptors (Lipinski definition) is 7. The number of hydrogen-bond donors (Lipinski definition) is 2. The molecule has 294 valence electrons. The monoisotopic (exact) mass is 836 g/mol. The van der Waals surface area contributed by atoms with Crippen molar-refractivity contribution in [3.05, 3.63) is 82.4 Å². The number of methoxy groups -OCH3 is 1. The highest BCUT2D eigenvalue weighted by molar-refractivity contribution is 9.10. The third-order valence-corrected chi connectivity index (χ3v) is 12.3. The van der Waals surface area contributed by atoms with Crippen LogP contribution in [0.5, 0.6) is 11.5 Å². The number of nitrogens with zero attached hydrogens (tertiary/aromatic N) is 2. The van der Waals surface area contributed by atoms with E-state index in [2.05, 4.69) is 80.2 Å². The van der Waals surface area contributed by atoms with Crippen molar-refractivity contribution in [2.75, 3.05) is 17.3 Å². The number of benzene rings is 3. The Kier molecular flexibility index (Phi) is 12.1. The molecule has 0 bridgehead atoms. The third kappa shape index (κ3) is 7.35. The Hall–Kier alpha value is -4.42. The molecule has 0 radical (unpaired) electrons. The summed E-state index contributed by atoms with van der Waals surface area (Å²) in [5.41, 5.74) is 0.418. The molecule has 55 heavy (non-hydrogen) atoms. The van der Waals surface area contributed by atoms with E-state index in [9.17, 15) is 24.0 Å². The quantitative estimate of drug-likeness (QED) is 0.0392. The SMILES string of the molecule is CCC(Oc1ccc(C(C)(C)CC)cc1C(C)(C)CC)C(=O)Nc1ccc(Cl)c(N2C(=O)C(C(=O)c3ccc(OC)cc3)(N3C(=O)N[C@H](Br)C3=O)C2CC)c1. The maximum absolute atomic E-state index is 14.6. The first-order valence-electron chi connectivity index (χ1n) is 18.7. The second kappa shape index (κ2) is 16.0. The van der Waals surface area contributed by atoms with Gasteiger partial charge in [-0.25, -0.2) is 9.69 Å². The molecule has 3 unspecified atom stereocenters. The number of imide groups is 1. The van der Waals surface area contributed by atoms with Gasteiger partial charge in [-0.3, -0.25) is 19.2 Å². The van der Waals surface area contributed by atoms with Gasteiger partial charge in [0.25, 0.3) is 17.7 Å². The standard InChI is InChI=1S/C42H50BrClN4O7/c1-10-31(55-32-21-16-25(40(5,6)12-3)22-28(32)41(7,8)13-4)36(50)45-26-17-20-29(44)30(23-26)47-33(11-2)42(38(47)52,48-37(51)35(43)46-39(48)53)34(49)24-14-18-27(54-9)19-15-24/h14-23,31,33,35H,10-13H2,1-9H3,(H,45,50)(H,46,53)/t31?,33?,35-,42?/m0/s1. The van der Waals surface area contributed by atoms with Crippen LogP contribution in [0.4, 0.5) is 16.2 Å². The Morgan fingerprint density at radius 2 is 1.60 bits per heavy atom. The van der Waals surface area contributed by atoms with Crippen molar-refractivity contribution < 1.29 is 33.4 Å². The fourth-order valence-electron chi connectivity index (χ4n) is 7.13. The van der Waals surface area contributed by atoms with Crippen molar-refractivity contribution in [1.29, 1.82) is 0 Å². The molecule has 0 aliphatic carbocycles. The summed E-state index contributed by atoms with van der Waals surface area (Å²) in [6, 6.07) is 15.1. The van der Waals surface area contributed by atoms with Crippen LogP contribution in [0.25, 0.3) is 0 Å². The van der Waals surface area contributed by atoms with Crippen LogP contribution < -0.4 is 25.0 Å². The molecule has 4 atom stereocenters. The van der Waals surface area contributed by atoms with Crippen molar-refractivity contribution in [2.24, 2.45) is 0 Å². The molecule has 2 fully saturated rings. The maximum atomic E-state index is 14.6. The Balaban J connectivity index is 1.47. The summed E-state index contributed by atoms with van der Waals surface area (Å²) in [4.78, 5) is 70.5. The van der Waals surface area contributed by atoms with Gasteiger partial charge in [-0.05, 0) is 90.6 Å². The molecule has 3 aromatic rings. The van der Waals surface area contributed by atoms with Crippen LogP contribution in [0.1, 0.15) is 103 Å². The van der Waals surface area contributed by atoms with Crippen molar-refractivity contribution >= 4 is 68.4 Å². The number of amides is 5. The normalized spacial score (nSPS) is 20.5. The molecule has 2 N–H and O–H groups in total. The number of anilines is 2. The zero-order chi connectivity index (χ0) is 40.6. The van der Waals surface area contributed by atoms with Crippen LogP contribution in [0.2, 0.25) is 5.02 Å². The van der Waals surface area contributed by atoms with E-state index >= 15 is 0 Å². The first-order chi connectivity index (χ1) is 25.9.